The molecule has 66 valence electrons. The molecule has 0 unspecified atom stereocenters. The Morgan fingerprint density at radius 2 is 2.31 bits per heavy atom. The number of nitrogens with zero attached hydrogens (tertiary/aromatic N) is 1. The van der Waals surface area contributed by atoms with E-state index in [0.717, 1.165) is 11.1 Å². The number of aromatic amines is 1. The van der Waals surface area contributed by atoms with Gasteiger partial charge in [-0.15, -0.1) is 0 Å². The average molecular weight is 176 g/mol. The molecule has 4 heteroatoms. The van der Waals surface area contributed by atoms with Gasteiger partial charge >= 0.3 is 5.97 Å². The maximum atomic E-state index is 10.6. The first kappa shape index (κ1) is 7.79. The van der Waals surface area contributed by atoms with E-state index in [0.29, 0.717) is 5.52 Å². The number of nitrogens with one attached hydrogen (secondary N) is 1. The smallest absolute Gasteiger partial charge is 0.352 e. The number of pyridine rings is 1. The van der Waals surface area contributed by atoms with Crippen LogP contribution in [-0.4, -0.2) is 21.0 Å². The lowest BCUT2D eigenvalue weighted by molar-refractivity contribution is 0.0691. The standard InChI is InChI=1S/C9H8N2O2/c1-5-2-7-6(10-4-5)3-8(11-7)9(12)13/h2-4,11H,1H3,(H,12,13). The highest BCUT2D eigenvalue weighted by molar-refractivity contribution is 5.92. The molecule has 2 aromatic rings. The third-order valence-electron chi connectivity index (χ3n) is 1.84. The molecule has 2 rings (SSSR count). The van der Waals surface area contributed by atoms with Crippen LogP contribution in [0.25, 0.3) is 11.0 Å². The van der Waals surface area contributed by atoms with E-state index in [1.165, 1.54) is 6.07 Å². The predicted molar refractivity (Wildman–Crippen MR) is 47.8 cm³/mol. The molecule has 0 aliphatic carbocycles. The lowest BCUT2D eigenvalue weighted by atomic mass is 10.3. The summed E-state index contributed by atoms with van der Waals surface area (Å²) in [6.07, 6.45) is 1.71. The average Bonchev–Trinajstić information content (AvgIpc) is 2.46. The fourth-order valence-electron chi connectivity index (χ4n) is 1.23. The SMILES string of the molecule is Cc1cnc2cc(C(=O)O)[nH]c2c1. The molecule has 0 radical (unpaired) electrons. The fraction of sp³-hybridized carbons (Fsp3) is 0.111. The maximum absolute atomic E-state index is 10.6. The van der Waals surface area contributed by atoms with Gasteiger partial charge in [-0.3, -0.25) is 4.98 Å². The van der Waals surface area contributed by atoms with E-state index in [4.69, 9.17) is 5.11 Å². The van der Waals surface area contributed by atoms with Gasteiger partial charge in [-0.2, -0.15) is 0 Å². The Kier molecular flexibility index (Phi) is 1.55. The highest BCUT2D eigenvalue weighted by atomic mass is 16.4. The van der Waals surface area contributed by atoms with Crippen molar-refractivity contribution in [2.75, 3.05) is 0 Å². The van der Waals surface area contributed by atoms with Crippen LogP contribution in [0.3, 0.4) is 0 Å². The number of fused-ring (bicyclic) bond motifs is 1. The first-order chi connectivity index (χ1) is 6.16. The molecule has 0 saturated heterocycles. The quantitative estimate of drug-likeness (QED) is 0.693. The van der Waals surface area contributed by atoms with Crippen LogP contribution in [-0.2, 0) is 0 Å². The number of hydrogen-bond acceptors (Lipinski definition) is 2. The Bertz CT molecular complexity index is 473. The van der Waals surface area contributed by atoms with Gasteiger partial charge in [0.05, 0.1) is 11.0 Å². The largest absolute Gasteiger partial charge is 0.477 e. The van der Waals surface area contributed by atoms with Gasteiger partial charge in [-0.05, 0) is 24.6 Å². The van der Waals surface area contributed by atoms with Crippen molar-refractivity contribution in [2.24, 2.45) is 0 Å². The second-order valence-corrected chi connectivity index (χ2v) is 2.93. The second kappa shape index (κ2) is 2.58. The van der Waals surface area contributed by atoms with Crippen molar-refractivity contribution in [1.29, 1.82) is 0 Å². The number of aromatic nitrogens is 2. The lowest BCUT2D eigenvalue weighted by Crippen LogP contribution is -1.94. The van der Waals surface area contributed by atoms with E-state index < -0.39 is 5.97 Å². The Morgan fingerprint density at radius 3 is 3.00 bits per heavy atom. The molecule has 0 amide bonds. The molecule has 13 heavy (non-hydrogen) atoms. The van der Waals surface area contributed by atoms with Crippen LogP contribution < -0.4 is 0 Å². The zero-order valence-corrected chi connectivity index (χ0v) is 7.03. The van der Waals surface area contributed by atoms with Crippen LogP contribution >= 0.6 is 0 Å². The lowest BCUT2D eigenvalue weighted by Gasteiger charge is -1.90. The van der Waals surface area contributed by atoms with Crippen LogP contribution in [0.2, 0.25) is 0 Å². The van der Waals surface area contributed by atoms with Gasteiger partial charge in [-0.25, -0.2) is 4.79 Å². The number of carbonyl (C=O) groups is 1. The van der Waals surface area contributed by atoms with Crippen LogP contribution in [0.4, 0.5) is 0 Å². The molecular weight excluding hydrogens is 168 g/mol. The number of aromatic carboxylic acids is 1. The van der Waals surface area contributed by atoms with Gasteiger partial charge in [-0.1, -0.05) is 0 Å². The van der Waals surface area contributed by atoms with Crippen molar-refractivity contribution in [2.45, 2.75) is 6.92 Å². The van der Waals surface area contributed by atoms with Crippen molar-refractivity contribution in [3.8, 4) is 0 Å². The summed E-state index contributed by atoms with van der Waals surface area (Å²) in [5.74, 6) is -0.962. The molecule has 0 spiro atoms. The summed E-state index contributed by atoms with van der Waals surface area (Å²) >= 11 is 0. The van der Waals surface area contributed by atoms with Crippen LogP contribution in [0.5, 0.6) is 0 Å². The highest BCUT2D eigenvalue weighted by Gasteiger charge is 2.07. The summed E-state index contributed by atoms with van der Waals surface area (Å²) < 4.78 is 0. The molecular formula is C9H8N2O2. The molecule has 0 saturated carbocycles. The van der Waals surface area contributed by atoms with Crippen LogP contribution in [0.1, 0.15) is 16.1 Å². The van der Waals surface area contributed by atoms with Crippen LogP contribution in [0.15, 0.2) is 18.3 Å². The second-order valence-electron chi connectivity index (χ2n) is 2.93. The number of aryl methyl sites for hydroxylation is 1. The van der Waals surface area contributed by atoms with Gasteiger partial charge in [0.25, 0.3) is 0 Å². The molecule has 4 nitrogen and oxygen atoms in total. The maximum Gasteiger partial charge on any atom is 0.352 e. The first-order valence-electron chi connectivity index (χ1n) is 3.85. The molecule has 2 heterocycles. The van der Waals surface area contributed by atoms with Gasteiger partial charge in [0, 0.05) is 6.20 Å². The van der Waals surface area contributed by atoms with Gasteiger partial charge in [0.15, 0.2) is 0 Å². The Morgan fingerprint density at radius 1 is 1.54 bits per heavy atom. The third-order valence-corrected chi connectivity index (χ3v) is 1.84. The summed E-state index contributed by atoms with van der Waals surface area (Å²) in [7, 11) is 0. The summed E-state index contributed by atoms with van der Waals surface area (Å²) in [5, 5.41) is 8.70. The molecule has 2 aromatic heterocycles. The van der Waals surface area contributed by atoms with E-state index in [-0.39, 0.29) is 5.69 Å². The third kappa shape index (κ3) is 1.26. The number of rotatable bonds is 1. The molecule has 0 aliphatic heterocycles. The van der Waals surface area contributed by atoms with E-state index in [1.54, 1.807) is 6.20 Å². The predicted octanol–water partition coefficient (Wildman–Crippen LogP) is 1.57. The van der Waals surface area contributed by atoms with Crippen molar-refractivity contribution in [3.63, 3.8) is 0 Å². The minimum absolute atomic E-state index is 0.174. The number of H-pyrrole nitrogens is 1. The molecule has 2 N–H and O–H groups in total. The van der Waals surface area contributed by atoms with Gasteiger partial charge in [0.1, 0.15) is 5.69 Å². The van der Waals surface area contributed by atoms with Crippen LogP contribution in [0, 0.1) is 6.92 Å². The zero-order valence-electron chi connectivity index (χ0n) is 7.03. The summed E-state index contributed by atoms with van der Waals surface area (Å²) in [4.78, 5) is 17.5. The topological polar surface area (TPSA) is 66.0 Å². The summed E-state index contributed by atoms with van der Waals surface area (Å²) in [6.45, 7) is 1.91. The van der Waals surface area contributed by atoms with E-state index in [9.17, 15) is 4.79 Å². The molecule has 0 bridgehead atoms. The highest BCUT2D eigenvalue weighted by Crippen LogP contribution is 2.13. The Balaban J connectivity index is 2.68. The number of carboxylic acids is 1. The van der Waals surface area contributed by atoms with Gasteiger partial charge < -0.3 is 10.1 Å². The molecule has 0 fully saturated rings. The van der Waals surface area contributed by atoms with Crippen molar-refractivity contribution < 1.29 is 9.90 Å². The Hall–Kier alpha value is -1.84. The van der Waals surface area contributed by atoms with E-state index >= 15 is 0 Å². The van der Waals surface area contributed by atoms with Crippen molar-refractivity contribution in [3.05, 3.63) is 29.6 Å². The molecule has 0 aromatic carbocycles. The monoisotopic (exact) mass is 176 g/mol. The summed E-state index contributed by atoms with van der Waals surface area (Å²) in [5.41, 5.74) is 2.62. The Labute approximate surface area is 74.2 Å². The minimum atomic E-state index is -0.962. The first-order valence-corrected chi connectivity index (χ1v) is 3.85. The van der Waals surface area contributed by atoms with E-state index in [1.807, 2.05) is 13.0 Å². The summed E-state index contributed by atoms with van der Waals surface area (Å²) in [6, 6.07) is 3.39. The number of hydrogen-bond donors (Lipinski definition) is 2. The molecule has 0 atom stereocenters. The molecule has 0 aliphatic rings. The van der Waals surface area contributed by atoms with Crippen molar-refractivity contribution in [1.82, 2.24) is 9.97 Å². The fourth-order valence-corrected chi connectivity index (χ4v) is 1.23. The number of carboxylic acid groups (broad SMARTS) is 1. The zero-order chi connectivity index (χ0) is 9.42. The normalized spacial score (nSPS) is 10.5. The minimum Gasteiger partial charge on any atom is -0.477 e. The van der Waals surface area contributed by atoms with Gasteiger partial charge in [0.2, 0.25) is 0 Å². The van der Waals surface area contributed by atoms with Crippen molar-refractivity contribution >= 4 is 17.0 Å². The van der Waals surface area contributed by atoms with E-state index in [2.05, 4.69) is 9.97 Å².